The molecule has 1 aliphatic heterocycles. The average Bonchev–Trinajstić information content (AvgIpc) is 3.35. The molecule has 1 N–H and O–H groups in total. The van der Waals surface area contributed by atoms with E-state index >= 15 is 0 Å². The van der Waals surface area contributed by atoms with Crippen molar-refractivity contribution in [3.8, 4) is 5.69 Å². The number of nitrogens with zero attached hydrogens (tertiary/aromatic N) is 2. The van der Waals surface area contributed by atoms with Crippen LogP contribution in [0.15, 0.2) is 54.9 Å². The van der Waals surface area contributed by atoms with E-state index in [1.807, 2.05) is 59.4 Å². The first-order valence-electron chi connectivity index (χ1n) is 10.2. The SMILES string of the molecule is O=C(NC1CCOC2(CCCC2)C1)c1ccc(-n2cnc3ccccc32)cc1. The van der Waals surface area contributed by atoms with E-state index in [1.165, 1.54) is 12.8 Å². The van der Waals surface area contributed by atoms with Crippen LogP contribution in [-0.4, -0.2) is 33.7 Å². The van der Waals surface area contributed by atoms with Crippen molar-refractivity contribution < 1.29 is 9.53 Å². The van der Waals surface area contributed by atoms with E-state index in [9.17, 15) is 4.79 Å². The molecule has 1 aliphatic carbocycles. The predicted molar refractivity (Wildman–Crippen MR) is 109 cm³/mol. The fourth-order valence-corrected chi connectivity index (χ4v) is 4.73. The van der Waals surface area contributed by atoms with Gasteiger partial charge in [0.05, 0.1) is 16.6 Å². The van der Waals surface area contributed by atoms with Gasteiger partial charge in [0, 0.05) is 23.9 Å². The summed E-state index contributed by atoms with van der Waals surface area (Å²) in [5.41, 5.74) is 3.73. The minimum Gasteiger partial charge on any atom is -0.375 e. The normalized spacial score (nSPS) is 21.2. The first kappa shape index (κ1) is 17.4. The minimum atomic E-state index is 0.00193. The predicted octanol–water partition coefficient (Wildman–Crippen LogP) is 4.25. The molecular formula is C23H25N3O2. The van der Waals surface area contributed by atoms with E-state index in [-0.39, 0.29) is 17.6 Å². The molecule has 2 heterocycles. The van der Waals surface area contributed by atoms with Crippen molar-refractivity contribution in [2.75, 3.05) is 6.61 Å². The highest BCUT2D eigenvalue weighted by Crippen LogP contribution is 2.40. The van der Waals surface area contributed by atoms with Gasteiger partial charge in [-0.05, 0) is 62.1 Å². The number of aromatic nitrogens is 2. The van der Waals surface area contributed by atoms with Crippen LogP contribution in [0.5, 0.6) is 0 Å². The Morgan fingerprint density at radius 3 is 2.71 bits per heavy atom. The van der Waals surface area contributed by atoms with Gasteiger partial charge in [-0.3, -0.25) is 9.36 Å². The number of hydrogen-bond acceptors (Lipinski definition) is 3. The maximum atomic E-state index is 12.8. The van der Waals surface area contributed by atoms with Crippen LogP contribution in [0.25, 0.3) is 16.7 Å². The molecule has 3 aromatic rings. The van der Waals surface area contributed by atoms with Gasteiger partial charge in [0.15, 0.2) is 0 Å². The molecule has 1 aromatic heterocycles. The quantitative estimate of drug-likeness (QED) is 0.745. The molecule has 1 saturated carbocycles. The van der Waals surface area contributed by atoms with E-state index in [4.69, 9.17) is 4.74 Å². The van der Waals surface area contributed by atoms with Gasteiger partial charge in [0.2, 0.25) is 0 Å². The Morgan fingerprint density at radius 1 is 1.11 bits per heavy atom. The Hall–Kier alpha value is -2.66. The highest BCUT2D eigenvalue weighted by Gasteiger charge is 2.40. The molecule has 2 aromatic carbocycles. The number of rotatable bonds is 3. The van der Waals surface area contributed by atoms with Gasteiger partial charge < -0.3 is 10.1 Å². The molecule has 28 heavy (non-hydrogen) atoms. The zero-order chi connectivity index (χ0) is 19.0. The summed E-state index contributed by atoms with van der Waals surface area (Å²) in [6.45, 7) is 0.748. The van der Waals surface area contributed by atoms with Crippen LogP contribution in [0.3, 0.4) is 0 Å². The molecule has 1 saturated heterocycles. The Bertz CT molecular complexity index is 987. The number of carbonyl (C=O) groups is 1. The van der Waals surface area contributed by atoms with Crippen molar-refractivity contribution in [2.45, 2.75) is 50.2 Å². The largest absolute Gasteiger partial charge is 0.375 e. The van der Waals surface area contributed by atoms with E-state index < -0.39 is 0 Å². The monoisotopic (exact) mass is 375 g/mol. The van der Waals surface area contributed by atoms with Crippen LogP contribution < -0.4 is 5.32 Å². The molecule has 144 valence electrons. The van der Waals surface area contributed by atoms with Gasteiger partial charge in [-0.2, -0.15) is 0 Å². The number of amides is 1. The standard InChI is InChI=1S/C23H25N3O2/c27-22(25-18-11-14-28-23(15-18)12-3-4-13-23)17-7-9-19(10-8-17)26-16-24-20-5-1-2-6-21(20)26/h1-2,5-10,16,18H,3-4,11-15H2,(H,25,27). The maximum Gasteiger partial charge on any atom is 0.251 e. The average molecular weight is 375 g/mol. The second-order valence-corrected chi connectivity index (χ2v) is 8.05. The number of carbonyl (C=O) groups excluding carboxylic acids is 1. The van der Waals surface area contributed by atoms with Gasteiger partial charge in [-0.25, -0.2) is 4.98 Å². The molecule has 2 fully saturated rings. The third-order valence-corrected chi connectivity index (χ3v) is 6.20. The summed E-state index contributed by atoms with van der Waals surface area (Å²) in [5, 5.41) is 3.23. The summed E-state index contributed by atoms with van der Waals surface area (Å²) in [6, 6.07) is 16.0. The zero-order valence-corrected chi connectivity index (χ0v) is 15.9. The first-order valence-corrected chi connectivity index (χ1v) is 10.2. The van der Waals surface area contributed by atoms with Gasteiger partial charge in [-0.15, -0.1) is 0 Å². The summed E-state index contributed by atoms with van der Waals surface area (Å²) < 4.78 is 8.12. The van der Waals surface area contributed by atoms with Crippen molar-refractivity contribution in [3.05, 3.63) is 60.4 Å². The molecule has 1 unspecified atom stereocenters. The van der Waals surface area contributed by atoms with Crippen molar-refractivity contribution in [1.29, 1.82) is 0 Å². The number of benzene rings is 2. The Morgan fingerprint density at radius 2 is 1.89 bits per heavy atom. The van der Waals surface area contributed by atoms with Gasteiger partial charge >= 0.3 is 0 Å². The minimum absolute atomic E-state index is 0.00193. The van der Waals surface area contributed by atoms with E-state index in [0.29, 0.717) is 5.56 Å². The summed E-state index contributed by atoms with van der Waals surface area (Å²) in [4.78, 5) is 17.2. The van der Waals surface area contributed by atoms with Crippen molar-refractivity contribution in [2.24, 2.45) is 0 Å². The highest BCUT2D eigenvalue weighted by molar-refractivity contribution is 5.94. The highest BCUT2D eigenvalue weighted by atomic mass is 16.5. The number of fused-ring (bicyclic) bond motifs is 1. The summed E-state index contributed by atoms with van der Waals surface area (Å²) in [7, 11) is 0. The third kappa shape index (κ3) is 3.20. The molecule has 5 rings (SSSR count). The van der Waals surface area contributed by atoms with Crippen LogP contribution in [0.1, 0.15) is 48.9 Å². The topological polar surface area (TPSA) is 56.1 Å². The second-order valence-electron chi connectivity index (χ2n) is 8.05. The van der Waals surface area contributed by atoms with Crippen molar-refractivity contribution >= 4 is 16.9 Å². The first-order chi connectivity index (χ1) is 13.7. The molecule has 1 atom stereocenters. The lowest BCUT2D eigenvalue weighted by Gasteiger charge is -2.38. The molecule has 1 amide bonds. The molecule has 2 aliphatic rings. The van der Waals surface area contributed by atoms with E-state index in [0.717, 1.165) is 49.0 Å². The maximum absolute atomic E-state index is 12.8. The molecule has 5 heteroatoms. The number of para-hydroxylation sites is 2. The van der Waals surface area contributed by atoms with Crippen molar-refractivity contribution in [1.82, 2.24) is 14.9 Å². The van der Waals surface area contributed by atoms with Crippen LogP contribution in [-0.2, 0) is 4.74 Å². The lowest BCUT2D eigenvalue weighted by atomic mass is 9.89. The Balaban J connectivity index is 1.29. The fourth-order valence-electron chi connectivity index (χ4n) is 4.73. The fraction of sp³-hybridized carbons (Fsp3) is 0.391. The van der Waals surface area contributed by atoms with E-state index in [2.05, 4.69) is 10.3 Å². The van der Waals surface area contributed by atoms with Crippen LogP contribution in [0, 0.1) is 0 Å². The third-order valence-electron chi connectivity index (χ3n) is 6.20. The van der Waals surface area contributed by atoms with Crippen LogP contribution in [0.2, 0.25) is 0 Å². The molecular weight excluding hydrogens is 350 g/mol. The Labute approximate surface area is 164 Å². The summed E-state index contributed by atoms with van der Waals surface area (Å²) in [5.74, 6) is 0.00193. The Kier molecular flexibility index (Phi) is 4.40. The van der Waals surface area contributed by atoms with Gasteiger partial charge in [-0.1, -0.05) is 25.0 Å². The molecule has 5 nitrogen and oxygen atoms in total. The lowest BCUT2D eigenvalue weighted by molar-refractivity contribution is -0.0823. The van der Waals surface area contributed by atoms with Gasteiger partial charge in [0.25, 0.3) is 5.91 Å². The molecule has 0 bridgehead atoms. The van der Waals surface area contributed by atoms with Gasteiger partial charge in [0.1, 0.15) is 6.33 Å². The molecule has 0 radical (unpaired) electrons. The summed E-state index contributed by atoms with van der Waals surface area (Å²) >= 11 is 0. The second kappa shape index (κ2) is 7.06. The smallest absolute Gasteiger partial charge is 0.251 e. The number of nitrogens with one attached hydrogen (secondary N) is 1. The number of ether oxygens (including phenoxy) is 1. The van der Waals surface area contributed by atoms with Crippen LogP contribution in [0.4, 0.5) is 0 Å². The van der Waals surface area contributed by atoms with Crippen LogP contribution >= 0.6 is 0 Å². The number of hydrogen-bond donors (Lipinski definition) is 1. The van der Waals surface area contributed by atoms with E-state index in [1.54, 1.807) is 0 Å². The zero-order valence-electron chi connectivity index (χ0n) is 15.9. The lowest BCUT2D eigenvalue weighted by Crippen LogP contribution is -2.47. The number of imidazole rings is 1. The summed E-state index contributed by atoms with van der Waals surface area (Å²) in [6.07, 6.45) is 8.41. The van der Waals surface area contributed by atoms with Crippen molar-refractivity contribution in [3.63, 3.8) is 0 Å². The molecule has 1 spiro atoms.